The molecule has 0 radical (unpaired) electrons. The molecule has 0 aliphatic carbocycles. The number of alkyl halides is 6. The van der Waals surface area contributed by atoms with Crippen LogP contribution in [0, 0.1) is 13.8 Å². The van der Waals surface area contributed by atoms with Gasteiger partial charge in [-0.1, -0.05) is 121 Å². The van der Waals surface area contributed by atoms with Gasteiger partial charge in [0.15, 0.2) is 0 Å². The Morgan fingerprint density at radius 2 is 0.625 bits per heavy atom. The van der Waals surface area contributed by atoms with Crippen molar-refractivity contribution in [3.63, 3.8) is 0 Å². The van der Waals surface area contributed by atoms with Gasteiger partial charge in [-0.05, 0) is 108 Å². The van der Waals surface area contributed by atoms with Gasteiger partial charge < -0.3 is 0 Å². The van der Waals surface area contributed by atoms with Crippen LogP contribution in [0.15, 0.2) is 146 Å². The van der Waals surface area contributed by atoms with Crippen LogP contribution in [0.2, 0.25) is 0 Å². The first-order valence-electron chi connectivity index (χ1n) is 15.2. The van der Waals surface area contributed by atoms with E-state index in [0.29, 0.717) is 32.9 Å². The third-order valence-electron chi connectivity index (χ3n) is 8.07. The lowest BCUT2D eigenvalue weighted by atomic mass is 9.93. The summed E-state index contributed by atoms with van der Waals surface area (Å²) in [4.78, 5) is 0. The smallest absolute Gasteiger partial charge is 0.166 e. The molecular weight excluding hydrogens is 656 g/mol. The van der Waals surface area contributed by atoms with Crippen LogP contribution < -0.4 is 31.8 Å². The maximum Gasteiger partial charge on any atom is 0.416 e. The SMILES string of the molecule is Cc1cc(C(F)(F)F)cc(P(c2ccccc2)c2ccccc2)c1-c1c(C)cc(C(F)(F)F)cc1P(c1ccccc1)c1ccccc1. The minimum Gasteiger partial charge on any atom is -0.166 e. The summed E-state index contributed by atoms with van der Waals surface area (Å²) in [7, 11) is -3.14. The van der Waals surface area contributed by atoms with E-state index in [-0.39, 0.29) is 0 Å². The lowest BCUT2D eigenvalue weighted by Crippen LogP contribution is -2.28. The zero-order valence-electron chi connectivity index (χ0n) is 26.0. The average molecular weight is 687 g/mol. The van der Waals surface area contributed by atoms with E-state index in [1.54, 1.807) is 13.8 Å². The zero-order chi connectivity index (χ0) is 34.1. The van der Waals surface area contributed by atoms with Crippen LogP contribution in [-0.2, 0) is 12.4 Å². The van der Waals surface area contributed by atoms with Crippen molar-refractivity contribution in [2.45, 2.75) is 26.2 Å². The molecular formula is C40H30F6P2. The number of aryl methyl sites for hydroxylation is 2. The maximum atomic E-state index is 14.5. The molecule has 0 unspecified atom stereocenters. The Labute approximate surface area is 278 Å². The van der Waals surface area contributed by atoms with Crippen molar-refractivity contribution in [2.24, 2.45) is 0 Å². The normalized spacial score (nSPS) is 12.1. The molecule has 0 nitrogen and oxygen atoms in total. The minimum absolute atomic E-state index is 0.347. The van der Waals surface area contributed by atoms with Crippen molar-refractivity contribution < 1.29 is 26.3 Å². The van der Waals surface area contributed by atoms with Crippen LogP contribution in [0.5, 0.6) is 0 Å². The predicted molar refractivity (Wildman–Crippen MR) is 189 cm³/mol. The lowest BCUT2D eigenvalue weighted by Gasteiger charge is -2.30. The third kappa shape index (κ3) is 6.97. The van der Waals surface area contributed by atoms with Gasteiger partial charge in [-0.3, -0.25) is 0 Å². The summed E-state index contributed by atoms with van der Waals surface area (Å²) in [6.45, 7) is 3.26. The quantitative estimate of drug-likeness (QED) is 0.116. The molecule has 8 heteroatoms. The van der Waals surface area contributed by atoms with E-state index in [0.717, 1.165) is 33.4 Å². The third-order valence-corrected chi connectivity index (χ3v) is 13.0. The summed E-state index contributed by atoms with van der Waals surface area (Å²) in [5.41, 5.74) is 0.166. The van der Waals surface area contributed by atoms with Crippen LogP contribution in [0.25, 0.3) is 11.1 Å². The van der Waals surface area contributed by atoms with E-state index < -0.39 is 39.3 Å². The second-order valence-electron chi connectivity index (χ2n) is 11.4. The van der Waals surface area contributed by atoms with Crippen LogP contribution in [0.4, 0.5) is 26.3 Å². The number of benzene rings is 6. The average Bonchev–Trinajstić information content (AvgIpc) is 3.06. The van der Waals surface area contributed by atoms with Crippen LogP contribution in [0.3, 0.4) is 0 Å². The van der Waals surface area contributed by atoms with Crippen molar-refractivity contribution in [1.29, 1.82) is 0 Å². The molecule has 0 amide bonds. The number of rotatable bonds is 7. The predicted octanol–water partition coefficient (Wildman–Crippen LogP) is 9.52. The topological polar surface area (TPSA) is 0 Å². The van der Waals surface area contributed by atoms with E-state index in [4.69, 9.17) is 0 Å². The standard InChI is InChI=1S/C40H30F6P2/c1-27-23-29(39(41,42)43)25-35(47(31-15-7-3-8-16-31)32-17-9-4-10-18-32)37(27)38-28(2)24-30(40(44,45)46)26-36(38)48(33-19-11-5-12-20-33)34-21-13-6-14-22-34/h3-26H,1-2H3. The molecule has 6 rings (SSSR count). The fraction of sp³-hybridized carbons (Fsp3) is 0.100. The summed E-state index contributed by atoms with van der Waals surface area (Å²) < 4.78 is 87.3. The van der Waals surface area contributed by atoms with E-state index in [1.165, 1.54) is 12.1 Å². The first kappa shape index (κ1) is 33.7. The largest absolute Gasteiger partial charge is 0.416 e. The Kier molecular flexibility index (Phi) is 9.61. The molecule has 0 aliphatic heterocycles. The molecule has 0 saturated carbocycles. The highest BCUT2D eigenvalue weighted by Gasteiger charge is 2.37. The second kappa shape index (κ2) is 13.7. The second-order valence-corrected chi connectivity index (χ2v) is 15.8. The number of hydrogen-bond acceptors (Lipinski definition) is 0. The lowest BCUT2D eigenvalue weighted by molar-refractivity contribution is -0.138. The van der Waals surface area contributed by atoms with E-state index >= 15 is 0 Å². The van der Waals surface area contributed by atoms with E-state index in [1.807, 2.05) is 121 Å². The number of halogens is 6. The maximum absolute atomic E-state index is 14.5. The molecule has 0 aromatic heterocycles. The summed E-state index contributed by atoms with van der Waals surface area (Å²) in [6, 6.07) is 42.1. The first-order valence-corrected chi connectivity index (χ1v) is 17.9. The van der Waals surface area contributed by atoms with E-state index in [2.05, 4.69) is 0 Å². The summed E-state index contributed by atoms with van der Waals surface area (Å²) >= 11 is 0. The van der Waals surface area contributed by atoms with Gasteiger partial charge in [0, 0.05) is 0 Å². The molecule has 6 aromatic carbocycles. The Hall–Kier alpha value is -4.24. The molecule has 0 N–H and O–H groups in total. The molecule has 0 saturated heterocycles. The van der Waals surface area contributed by atoms with Crippen molar-refractivity contribution in [2.75, 3.05) is 0 Å². The zero-order valence-corrected chi connectivity index (χ0v) is 27.8. The molecule has 0 fully saturated rings. The Balaban J connectivity index is 1.77. The van der Waals surface area contributed by atoms with E-state index in [9.17, 15) is 26.3 Å². The summed E-state index contributed by atoms with van der Waals surface area (Å²) in [5.74, 6) is 0. The summed E-state index contributed by atoms with van der Waals surface area (Å²) in [5, 5.41) is 4.21. The highest BCUT2D eigenvalue weighted by molar-refractivity contribution is 7.80. The van der Waals surface area contributed by atoms with Crippen LogP contribution in [0.1, 0.15) is 22.3 Å². The molecule has 48 heavy (non-hydrogen) atoms. The van der Waals surface area contributed by atoms with Crippen molar-refractivity contribution in [1.82, 2.24) is 0 Å². The van der Waals surface area contributed by atoms with Gasteiger partial charge in [-0.2, -0.15) is 26.3 Å². The Morgan fingerprint density at radius 1 is 0.375 bits per heavy atom. The van der Waals surface area contributed by atoms with Gasteiger partial charge in [0.2, 0.25) is 0 Å². The van der Waals surface area contributed by atoms with Gasteiger partial charge in [0.25, 0.3) is 0 Å². The van der Waals surface area contributed by atoms with Gasteiger partial charge in [-0.25, -0.2) is 0 Å². The minimum atomic E-state index is -4.63. The molecule has 0 bridgehead atoms. The molecule has 0 spiro atoms. The van der Waals surface area contributed by atoms with Gasteiger partial charge in [0.1, 0.15) is 0 Å². The summed E-state index contributed by atoms with van der Waals surface area (Å²) in [6.07, 6.45) is -9.27. The van der Waals surface area contributed by atoms with Crippen LogP contribution >= 0.6 is 15.8 Å². The number of hydrogen-bond donors (Lipinski definition) is 0. The first-order chi connectivity index (χ1) is 22.9. The van der Waals surface area contributed by atoms with Gasteiger partial charge in [0.05, 0.1) is 11.1 Å². The molecule has 0 heterocycles. The molecule has 0 atom stereocenters. The molecule has 6 aromatic rings. The van der Waals surface area contributed by atoms with Gasteiger partial charge >= 0.3 is 12.4 Å². The van der Waals surface area contributed by atoms with Crippen LogP contribution in [-0.4, -0.2) is 0 Å². The molecule has 0 aliphatic rings. The Bertz CT molecular complexity index is 1780. The molecule has 242 valence electrons. The highest BCUT2D eigenvalue weighted by Crippen LogP contribution is 2.46. The fourth-order valence-corrected chi connectivity index (χ4v) is 11.2. The Morgan fingerprint density at radius 3 is 0.854 bits per heavy atom. The fourth-order valence-electron chi connectivity index (χ4n) is 6.03. The monoisotopic (exact) mass is 686 g/mol. The van der Waals surface area contributed by atoms with Crippen molar-refractivity contribution in [3.05, 3.63) is 168 Å². The highest BCUT2D eigenvalue weighted by atomic mass is 31.1. The van der Waals surface area contributed by atoms with Gasteiger partial charge in [-0.15, -0.1) is 0 Å². The van der Waals surface area contributed by atoms with Crippen molar-refractivity contribution in [3.8, 4) is 11.1 Å². The van der Waals surface area contributed by atoms with Crippen molar-refractivity contribution >= 4 is 47.7 Å².